The molecule has 9 heteroatoms. The zero-order valence-electron chi connectivity index (χ0n) is 10.1. The van der Waals surface area contributed by atoms with Gasteiger partial charge < -0.3 is 5.11 Å². The van der Waals surface area contributed by atoms with Crippen LogP contribution in [0.4, 0.5) is 5.95 Å². The van der Waals surface area contributed by atoms with E-state index in [4.69, 9.17) is 5.11 Å². The molecule has 2 N–H and O–H groups in total. The van der Waals surface area contributed by atoms with Gasteiger partial charge in [0.1, 0.15) is 0 Å². The van der Waals surface area contributed by atoms with Gasteiger partial charge >= 0.3 is 5.97 Å². The van der Waals surface area contributed by atoms with Crippen molar-refractivity contribution in [2.75, 3.05) is 11.1 Å². The molecule has 0 radical (unpaired) electrons. The highest BCUT2D eigenvalue weighted by atomic mass is 32.2. The van der Waals surface area contributed by atoms with Gasteiger partial charge in [-0.3, -0.25) is 14.9 Å². The van der Waals surface area contributed by atoms with Gasteiger partial charge in [-0.15, -0.1) is 11.3 Å². The quantitative estimate of drug-likeness (QED) is 0.774. The fourth-order valence-corrected chi connectivity index (χ4v) is 2.89. The lowest BCUT2D eigenvalue weighted by Crippen LogP contribution is -2.15. The average Bonchev–Trinajstić information content (AvgIpc) is 2.84. The molecular weight excluding hydrogens is 300 g/mol. The smallest absolute Gasteiger partial charge is 0.309 e. The first-order chi connectivity index (χ1) is 9.63. The number of nitrogens with one attached hydrogen (secondary N) is 1. The molecule has 0 aliphatic rings. The number of amides is 1. The van der Waals surface area contributed by atoms with Crippen LogP contribution in [0.25, 0.3) is 0 Å². The summed E-state index contributed by atoms with van der Waals surface area (Å²) in [5.74, 6) is -0.746. The fraction of sp³-hybridized carbons (Fsp3) is 0.182. The third-order valence-electron chi connectivity index (χ3n) is 2.01. The number of aliphatic carboxylic acids is 1. The molecule has 1 amide bonds. The van der Waals surface area contributed by atoms with Crippen molar-refractivity contribution in [3.63, 3.8) is 0 Å². The number of aromatic nitrogens is 3. The molecule has 0 fully saturated rings. The first-order valence-corrected chi connectivity index (χ1v) is 7.36. The maximum absolute atomic E-state index is 11.6. The van der Waals surface area contributed by atoms with Gasteiger partial charge in [0.05, 0.1) is 17.9 Å². The predicted molar refractivity (Wildman–Crippen MR) is 74.8 cm³/mol. The largest absolute Gasteiger partial charge is 0.481 e. The van der Waals surface area contributed by atoms with Crippen LogP contribution in [-0.2, 0) is 16.0 Å². The van der Waals surface area contributed by atoms with Gasteiger partial charge in [-0.1, -0.05) is 11.8 Å². The summed E-state index contributed by atoms with van der Waals surface area (Å²) in [6, 6.07) is 1.66. The molecule has 0 spiro atoms. The highest BCUT2D eigenvalue weighted by Crippen LogP contribution is 2.22. The SMILES string of the molecule is O=C(O)Cc1csc(SCC(=O)Nc2ncccn2)n1. The summed E-state index contributed by atoms with van der Waals surface area (Å²) >= 11 is 2.56. The lowest BCUT2D eigenvalue weighted by Gasteiger charge is -2.01. The number of anilines is 1. The van der Waals surface area contributed by atoms with E-state index in [-0.39, 0.29) is 24.0 Å². The average molecular weight is 310 g/mol. The summed E-state index contributed by atoms with van der Waals surface area (Å²) in [5.41, 5.74) is 0.497. The number of hydrogen-bond acceptors (Lipinski definition) is 7. The first-order valence-electron chi connectivity index (χ1n) is 5.49. The van der Waals surface area contributed by atoms with Gasteiger partial charge in [0.25, 0.3) is 0 Å². The Kier molecular flexibility index (Phi) is 5.02. The molecule has 0 saturated heterocycles. The highest BCUT2D eigenvalue weighted by molar-refractivity contribution is 8.01. The Labute approximate surface area is 122 Å². The van der Waals surface area contributed by atoms with Crippen LogP contribution in [-0.4, -0.2) is 37.7 Å². The lowest BCUT2D eigenvalue weighted by molar-refractivity contribution is -0.136. The van der Waals surface area contributed by atoms with Crippen LogP contribution in [0.5, 0.6) is 0 Å². The second-order valence-electron chi connectivity index (χ2n) is 3.58. The van der Waals surface area contributed by atoms with Gasteiger partial charge in [0, 0.05) is 17.8 Å². The van der Waals surface area contributed by atoms with Crippen LogP contribution in [0.1, 0.15) is 5.69 Å². The van der Waals surface area contributed by atoms with Gasteiger partial charge in [-0.05, 0) is 6.07 Å². The summed E-state index contributed by atoms with van der Waals surface area (Å²) in [6.45, 7) is 0. The van der Waals surface area contributed by atoms with E-state index in [1.807, 2.05) is 0 Å². The number of nitrogens with zero attached hydrogens (tertiary/aromatic N) is 3. The molecule has 0 saturated carbocycles. The van der Waals surface area contributed by atoms with E-state index >= 15 is 0 Å². The Bertz CT molecular complexity index is 603. The highest BCUT2D eigenvalue weighted by Gasteiger charge is 2.09. The number of carboxylic acid groups (broad SMARTS) is 1. The van der Waals surface area contributed by atoms with E-state index in [2.05, 4.69) is 20.3 Å². The van der Waals surface area contributed by atoms with E-state index < -0.39 is 5.97 Å². The molecule has 0 atom stereocenters. The molecule has 0 aliphatic carbocycles. The number of carbonyl (C=O) groups excluding carboxylic acids is 1. The zero-order valence-corrected chi connectivity index (χ0v) is 11.8. The van der Waals surface area contributed by atoms with Crippen LogP contribution < -0.4 is 5.32 Å². The Morgan fingerprint density at radius 1 is 1.35 bits per heavy atom. The second kappa shape index (κ2) is 6.96. The van der Waals surface area contributed by atoms with Gasteiger partial charge in [-0.2, -0.15) is 0 Å². The minimum atomic E-state index is -0.925. The molecule has 2 heterocycles. The second-order valence-corrected chi connectivity index (χ2v) is 5.67. The first kappa shape index (κ1) is 14.4. The number of thiazole rings is 1. The van der Waals surface area contributed by atoms with Crippen molar-refractivity contribution in [1.29, 1.82) is 0 Å². The molecule has 2 rings (SSSR count). The monoisotopic (exact) mass is 310 g/mol. The summed E-state index contributed by atoms with van der Waals surface area (Å²) in [4.78, 5) is 34.0. The van der Waals surface area contributed by atoms with Crippen LogP contribution in [0.15, 0.2) is 28.2 Å². The minimum absolute atomic E-state index is 0.110. The molecule has 2 aromatic rings. The molecule has 2 aromatic heterocycles. The summed E-state index contributed by atoms with van der Waals surface area (Å²) < 4.78 is 0.658. The molecule has 0 unspecified atom stereocenters. The van der Waals surface area contributed by atoms with Crippen molar-refractivity contribution in [2.45, 2.75) is 10.8 Å². The van der Waals surface area contributed by atoms with Crippen LogP contribution >= 0.6 is 23.1 Å². The van der Waals surface area contributed by atoms with Crippen molar-refractivity contribution >= 4 is 40.9 Å². The maximum atomic E-state index is 11.6. The summed E-state index contributed by atoms with van der Waals surface area (Å²) in [6.07, 6.45) is 2.96. The fourth-order valence-electron chi connectivity index (χ4n) is 1.24. The van der Waals surface area contributed by atoms with E-state index in [0.717, 1.165) is 0 Å². The third-order valence-corrected chi connectivity index (χ3v) is 4.08. The van der Waals surface area contributed by atoms with Crippen molar-refractivity contribution < 1.29 is 14.7 Å². The minimum Gasteiger partial charge on any atom is -0.481 e. The number of thioether (sulfide) groups is 1. The van der Waals surface area contributed by atoms with Gasteiger partial charge in [0.2, 0.25) is 11.9 Å². The molecule has 7 nitrogen and oxygen atoms in total. The zero-order chi connectivity index (χ0) is 14.4. The van der Waals surface area contributed by atoms with E-state index in [0.29, 0.717) is 10.0 Å². The lowest BCUT2D eigenvalue weighted by atomic mass is 10.3. The van der Waals surface area contributed by atoms with E-state index in [9.17, 15) is 9.59 Å². The third kappa shape index (κ3) is 4.59. The van der Waals surface area contributed by atoms with Crippen molar-refractivity contribution in [1.82, 2.24) is 15.0 Å². The number of carbonyl (C=O) groups is 2. The van der Waals surface area contributed by atoms with Gasteiger partial charge in [0.15, 0.2) is 4.34 Å². The predicted octanol–water partition coefficient (Wildman–Crippen LogP) is 1.29. The summed E-state index contributed by atoms with van der Waals surface area (Å²) in [7, 11) is 0. The normalized spacial score (nSPS) is 10.2. The number of rotatable bonds is 6. The van der Waals surface area contributed by atoms with E-state index in [1.165, 1.54) is 35.5 Å². The molecule has 0 aromatic carbocycles. The Balaban J connectivity index is 1.81. The number of carboxylic acids is 1. The van der Waals surface area contributed by atoms with Crippen molar-refractivity contribution in [3.8, 4) is 0 Å². The Morgan fingerprint density at radius 2 is 2.10 bits per heavy atom. The van der Waals surface area contributed by atoms with Crippen molar-refractivity contribution in [3.05, 3.63) is 29.5 Å². The van der Waals surface area contributed by atoms with Crippen LogP contribution in [0.3, 0.4) is 0 Å². The molecule has 0 aliphatic heterocycles. The maximum Gasteiger partial charge on any atom is 0.309 e. The van der Waals surface area contributed by atoms with Crippen LogP contribution in [0.2, 0.25) is 0 Å². The molecule has 104 valence electrons. The Hall–Kier alpha value is -2.00. The van der Waals surface area contributed by atoms with Gasteiger partial charge in [-0.25, -0.2) is 15.0 Å². The Morgan fingerprint density at radius 3 is 2.80 bits per heavy atom. The molecule has 0 bridgehead atoms. The number of hydrogen-bond donors (Lipinski definition) is 2. The topological polar surface area (TPSA) is 105 Å². The van der Waals surface area contributed by atoms with Crippen LogP contribution in [0, 0.1) is 0 Å². The summed E-state index contributed by atoms with van der Waals surface area (Å²) in [5, 5.41) is 12.9. The standard InChI is InChI=1S/C11H10N4O3S2/c16-8(15-10-12-2-1-3-13-10)6-20-11-14-7(5-19-11)4-9(17)18/h1-3,5H,4,6H2,(H,17,18)(H,12,13,15,16). The molecule has 20 heavy (non-hydrogen) atoms. The van der Waals surface area contributed by atoms with Crippen molar-refractivity contribution in [2.24, 2.45) is 0 Å². The molecular formula is C11H10N4O3S2. The van der Waals surface area contributed by atoms with E-state index in [1.54, 1.807) is 11.4 Å².